The smallest absolute Gasteiger partial charge is 0.0921 e. The molecule has 3 heteroatoms. The van der Waals surface area contributed by atoms with E-state index in [1.54, 1.807) is 6.33 Å². The number of nitrogens with one attached hydrogen (secondary N) is 2. The maximum Gasteiger partial charge on any atom is 0.0921 e. The topological polar surface area (TPSA) is 40.7 Å². The maximum atomic E-state index is 4.02. The first-order valence-corrected chi connectivity index (χ1v) is 6.63. The quantitative estimate of drug-likeness (QED) is 0.784. The normalized spacial score (nSPS) is 12.5. The molecular weight excluding hydrogens is 222 g/mol. The van der Waals surface area contributed by atoms with E-state index in [0.29, 0.717) is 6.04 Å². The Morgan fingerprint density at radius 3 is 2.78 bits per heavy atom. The van der Waals surface area contributed by atoms with Gasteiger partial charge < -0.3 is 10.3 Å². The van der Waals surface area contributed by atoms with E-state index >= 15 is 0 Å². The van der Waals surface area contributed by atoms with E-state index in [9.17, 15) is 0 Å². The lowest BCUT2D eigenvalue weighted by atomic mass is 10.0. The molecular formula is C15H21N3. The maximum absolute atomic E-state index is 4.02. The molecule has 96 valence electrons. The summed E-state index contributed by atoms with van der Waals surface area (Å²) in [5.74, 6) is 0. The molecule has 0 aliphatic heterocycles. The van der Waals surface area contributed by atoms with Gasteiger partial charge in [-0.25, -0.2) is 4.98 Å². The molecule has 2 N–H and O–H groups in total. The van der Waals surface area contributed by atoms with Crippen molar-refractivity contribution in [3.05, 3.63) is 54.1 Å². The second kappa shape index (κ2) is 6.97. The molecule has 0 amide bonds. The van der Waals surface area contributed by atoms with E-state index in [-0.39, 0.29) is 0 Å². The summed E-state index contributed by atoms with van der Waals surface area (Å²) >= 11 is 0. The fourth-order valence-corrected chi connectivity index (χ4v) is 2.09. The lowest BCUT2D eigenvalue weighted by Gasteiger charge is -2.16. The van der Waals surface area contributed by atoms with Crippen LogP contribution in [0.5, 0.6) is 0 Å². The third-order valence-corrected chi connectivity index (χ3v) is 3.20. The predicted octanol–water partition coefficient (Wildman–Crippen LogP) is 2.56. The Morgan fingerprint density at radius 1 is 1.28 bits per heavy atom. The van der Waals surface area contributed by atoms with Crippen molar-refractivity contribution in [3.63, 3.8) is 0 Å². The van der Waals surface area contributed by atoms with E-state index in [0.717, 1.165) is 25.8 Å². The van der Waals surface area contributed by atoms with Gasteiger partial charge in [-0.3, -0.25) is 0 Å². The summed E-state index contributed by atoms with van der Waals surface area (Å²) in [6.07, 6.45) is 6.87. The Morgan fingerprint density at radius 2 is 2.11 bits per heavy atom. The van der Waals surface area contributed by atoms with Crippen LogP contribution >= 0.6 is 0 Å². The number of hydrogen-bond donors (Lipinski definition) is 2. The number of aromatic nitrogens is 2. The van der Waals surface area contributed by atoms with E-state index in [1.165, 1.54) is 11.3 Å². The van der Waals surface area contributed by atoms with Gasteiger partial charge in [-0.15, -0.1) is 0 Å². The molecule has 0 fully saturated rings. The summed E-state index contributed by atoms with van der Waals surface area (Å²) < 4.78 is 0. The molecule has 0 radical (unpaired) electrons. The third-order valence-electron chi connectivity index (χ3n) is 3.20. The molecule has 1 aromatic carbocycles. The molecule has 0 aliphatic rings. The average molecular weight is 243 g/mol. The van der Waals surface area contributed by atoms with Crippen LogP contribution < -0.4 is 5.32 Å². The molecule has 0 aliphatic carbocycles. The largest absolute Gasteiger partial charge is 0.348 e. The number of H-pyrrole nitrogens is 1. The van der Waals surface area contributed by atoms with Crippen molar-refractivity contribution in [1.82, 2.24) is 15.3 Å². The standard InChI is InChI=1S/C15H21N3/c1-2-14(10-13-6-4-3-5-7-13)17-9-8-15-11-16-12-18-15/h3-7,11-12,14,17H,2,8-10H2,1H3,(H,16,18). The third kappa shape index (κ3) is 4.00. The Labute approximate surface area is 109 Å². The van der Waals surface area contributed by atoms with Gasteiger partial charge in [0.25, 0.3) is 0 Å². The second-order valence-corrected chi connectivity index (χ2v) is 4.58. The Balaban J connectivity index is 1.75. The summed E-state index contributed by atoms with van der Waals surface area (Å²) in [6, 6.07) is 11.2. The number of rotatable bonds is 7. The fourth-order valence-electron chi connectivity index (χ4n) is 2.09. The summed E-state index contributed by atoms with van der Waals surface area (Å²) in [5, 5.41) is 3.61. The molecule has 0 saturated carbocycles. The van der Waals surface area contributed by atoms with Crippen molar-refractivity contribution < 1.29 is 0 Å². The highest BCUT2D eigenvalue weighted by molar-refractivity contribution is 5.15. The van der Waals surface area contributed by atoms with Crippen LogP contribution in [0, 0.1) is 0 Å². The average Bonchev–Trinajstić information content (AvgIpc) is 2.92. The highest BCUT2D eigenvalue weighted by Gasteiger charge is 2.06. The summed E-state index contributed by atoms with van der Waals surface area (Å²) in [7, 11) is 0. The Hall–Kier alpha value is -1.61. The van der Waals surface area contributed by atoms with Crippen LogP contribution in [0.25, 0.3) is 0 Å². The van der Waals surface area contributed by atoms with Crippen molar-refractivity contribution in [2.24, 2.45) is 0 Å². The fraction of sp³-hybridized carbons (Fsp3) is 0.400. The van der Waals surface area contributed by atoms with Crippen LogP contribution in [0.4, 0.5) is 0 Å². The molecule has 1 heterocycles. The van der Waals surface area contributed by atoms with Crippen LogP contribution in [0.2, 0.25) is 0 Å². The van der Waals surface area contributed by atoms with Gasteiger partial charge in [0.2, 0.25) is 0 Å². The monoisotopic (exact) mass is 243 g/mol. The zero-order valence-electron chi connectivity index (χ0n) is 10.9. The molecule has 2 rings (SSSR count). The van der Waals surface area contributed by atoms with Crippen molar-refractivity contribution in [2.75, 3.05) is 6.54 Å². The number of nitrogens with zero attached hydrogens (tertiary/aromatic N) is 1. The Bertz CT molecular complexity index is 422. The van der Waals surface area contributed by atoms with E-state index < -0.39 is 0 Å². The highest BCUT2D eigenvalue weighted by Crippen LogP contribution is 2.05. The van der Waals surface area contributed by atoms with Gasteiger partial charge in [-0.05, 0) is 18.4 Å². The number of imidazole rings is 1. The predicted molar refractivity (Wildman–Crippen MR) is 74.5 cm³/mol. The molecule has 1 aromatic heterocycles. The molecule has 2 aromatic rings. The van der Waals surface area contributed by atoms with Gasteiger partial charge in [0.05, 0.1) is 6.33 Å². The van der Waals surface area contributed by atoms with Crippen LogP contribution in [-0.4, -0.2) is 22.6 Å². The number of benzene rings is 1. The van der Waals surface area contributed by atoms with E-state index in [2.05, 4.69) is 52.5 Å². The SMILES string of the molecule is CCC(Cc1ccccc1)NCCc1cnc[nH]1. The van der Waals surface area contributed by atoms with Gasteiger partial charge in [-0.2, -0.15) is 0 Å². The van der Waals surface area contributed by atoms with Crippen LogP contribution in [0.15, 0.2) is 42.9 Å². The number of aromatic amines is 1. The minimum Gasteiger partial charge on any atom is -0.348 e. The molecule has 0 saturated heterocycles. The second-order valence-electron chi connectivity index (χ2n) is 4.58. The molecule has 1 atom stereocenters. The molecule has 1 unspecified atom stereocenters. The zero-order valence-corrected chi connectivity index (χ0v) is 10.9. The first kappa shape index (κ1) is 12.8. The van der Waals surface area contributed by atoms with Gasteiger partial charge in [0.15, 0.2) is 0 Å². The van der Waals surface area contributed by atoms with Crippen LogP contribution in [0.3, 0.4) is 0 Å². The van der Waals surface area contributed by atoms with Crippen molar-refractivity contribution >= 4 is 0 Å². The molecule has 3 nitrogen and oxygen atoms in total. The minimum absolute atomic E-state index is 0.551. The van der Waals surface area contributed by atoms with Crippen molar-refractivity contribution in [2.45, 2.75) is 32.2 Å². The number of hydrogen-bond acceptors (Lipinski definition) is 2. The Kier molecular flexibility index (Phi) is 4.97. The highest BCUT2D eigenvalue weighted by atomic mass is 14.9. The van der Waals surface area contributed by atoms with Gasteiger partial charge in [0.1, 0.15) is 0 Å². The van der Waals surface area contributed by atoms with Gasteiger partial charge >= 0.3 is 0 Å². The van der Waals surface area contributed by atoms with E-state index in [4.69, 9.17) is 0 Å². The first-order valence-electron chi connectivity index (χ1n) is 6.63. The van der Waals surface area contributed by atoms with Crippen molar-refractivity contribution in [3.8, 4) is 0 Å². The van der Waals surface area contributed by atoms with E-state index in [1.807, 2.05) is 6.20 Å². The summed E-state index contributed by atoms with van der Waals surface area (Å²) in [6.45, 7) is 3.23. The minimum atomic E-state index is 0.551. The molecule has 0 bridgehead atoms. The van der Waals surface area contributed by atoms with Gasteiger partial charge in [-0.1, -0.05) is 37.3 Å². The van der Waals surface area contributed by atoms with Crippen LogP contribution in [0.1, 0.15) is 24.6 Å². The zero-order chi connectivity index (χ0) is 12.6. The van der Waals surface area contributed by atoms with Crippen LogP contribution in [-0.2, 0) is 12.8 Å². The first-order chi connectivity index (χ1) is 8.88. The molecule has 18 heavy (non-hydrogen) atoms. The molecule has 0 spiro atoms. The summed E-state index contributed by atoms with van der Waals surface area (Å²) in [5.41, 5.74) is 2.59. The lowest BCUT2D eigenvalue weighted by Crippen LogP contribution is -2.32. The van der Waals surface area contributed by atoms with Gasteiger partial charge in [0, 0.05) is 30.9 Å². The summed E-state index contributed by atoms with van der Waals surface area (Å²) in [4.78, 5) is 7.15. The lowest BCUT2D eigenvalue weighted by molar-refractivity contribution is 0.497. The van der Waals surface area contributed by atoms with Crippen molar-refractivity contribution in [1.29, 1.82) is 0 Å².